The van der Waals surface area contributed by atoms with Gasteiger partial charge in [-0.25, -0.2) is 0 Å². The lowest BCUT2D eigenvalue weighted by atomic mass is 10.1. The summed E-state index contributed by atoms with van der Waals surface area (Å²) in [5.41, 5.74) is 0.880. The molecule has 4 nitrogen and oxygen atoms in total. The highest BCUT2D eigenvalue weighted by molar-refractivity contribution is 5.44. The van der Waals surface area contributed by atoms with Crippen LogP contribution in [0.4, 0.5) is 0 Å². The molecule has 1 aromatic rings. The van der Waals surface area contributed by atoms with Crippen LogP contribution >= 0.6 is 0 Å². The Labute approximate surface area is 113 Å². The summed E-state index contributed by atoms with van der Waals surface area (Å²) in [4.78, 5) is 0. The first-order chi connectivity index (χ1) is 9.28. The molecule has 0 saturated heterocycles. The van der Waals surface area contributed by atoms with E-state index in [-0.39, 0.29) is 0 Å². The van der Waals surface area contributed by atoms with Crippen LogP contribution < -0.4 is 14.8 Å². The Balaban J connectivity index is 1.58. The van der Waals surface area contributed by atoms with Gasteiger partial charge in [-0.05, 0) is 30.0 Å². The van der Waals surface area contributed by atoms with Gasteiger partial charge in [-0.3, -0.25) is 0 Å². The van der Waals surface area contributed by atoms with Crippen molar-refractivity contribution in [1.29, 1.82) is 0 Å². The fourth-order valence-corrected chi connectivity index (χ4v) is 2.60. The molecule has 19 heavy (non-hydrogen) atoms. The summed E-state index contributed by atoms with van der Waals surface area (Å²) < 4.78 is 11.0. The molecule has 3 rings (SSSR count). The van der Waals surface area contributed by atoms with Gasteiger partial charge in [0, 0.05) is 12.6 Å². The SMILES string of the molecule is CCC1CC1NCC(O)c1ccc2c(c1)OCCO2. The van der Waals surface area contributed by atoms with Crippen molar-refractivity contribution in [3.63, 3.8) is 0 Å². The summed E-state index contributed by atoms with van der Waals surface area (Å²) in [5, 5.41) is 13.6. The van der Waals surface area contributed by atoms with Crippen LogP contribution in [0.25, 0.3) is 0 Å². The van der Waals surface area contributed by atoms with Crippen molar-refractivity contribution in [2.24, 2.45) is 5.92 Å². The van der Waals surface area contributed by atoms with Crippen LogP contribution in [0.3, 0.4) is 0 Å². The molecule has 3 atom stereocenters. The minimum atomic E-state index is -0.492. The Morgan fingerprint density at radius 2 is 2.11 bits per heavy atom. The number of ether oxygens (including phenoxy) is 2. The molecule has 0 radical (unpaired) electrons. The molecule has 2 N–H and O–H groups in total. The number of hydrogen-bond donors (Lipinski definition) is 2. The number of hydrogen-bond acceptors (Lipinski definition) is 4. The number of aliphatic hydroxyl groups excluding tert-OH is 1. The van der Waals surface area contributed by atoms with Crippen LogP contribution in [0.2, 0.25) is 0 Å². The first-order valence-electron chi connectivity index (χ1n) is 7.09. The van der Waals surface area contributed by atoms with Crippen LogP contribution in [0, 0.1) is 5.92 Å². The molecule has 1 fully saturated rings. The van der Waals surface area contributed by atoms with Crippen LogP contribution in [-0.4, -0.2) is 30.9 Å². The molecule has 2 aliphatic rings. The van der Waals surface area contributed by atoms with Gasteiger partial charge in [0.25, 0.3) is 0 Å². The van der Waals surface area contributed by atoms with Gasteiger partial charge >= 0.3 is 0 Å². The van der Waals surface area contributed by atoms with Gasteiger partial charge in [0.1, 0.15) is 13.2 Å². The molecule has 1 heterocycles. The molecular weight excluding hydrogens is 242 g/mol. The summed E-state index contributed by atoms with van der Waals surface area (Å²) in [6, 6.07) is 6.26. The third-order valence-corrected chi connectivity index (χ3v) is 3.97. The third kappa shape index (κ3) is 2.85. The monoisotopic (exact) mass is 263 g/mol. The minimum absolute atomic E-state index is 0.492. The van der Waals surface area contributed by atoms with Gasteiger partial charge in [-0.15, -0.1) is 0 Å². The molecule has 1 aliphatic heterocycles. The predicted octanol–water partition coefficient (Wildman–Crippen LogP) is 1.88. The first-order valence-corrected chi connectivity index (χ1v) is 7.09. The number of aliphatic hydroxyl groups is 1. The Kier molecular flexibility index (Phi) is 3.62. The van der Waals surface area contributed by atoms with E-state index in [1.807, 2.05) is 18.2 Å². The first kappa shape index (κ1) is 12.8. The van der Waals surface area contributed by atoms with Crippen LogP contribution in [-0.2, 0) is 0 Å². The molecule has 4 heteroatoms. The highest BCUT2D eigenvalue weighted by Crippen LogP contribution is 2.34. The van der Waals surface area contributed by atoms with Crippen LogP contribution in [0.15, 0.2) is 18.2 Å². The summed E-state index contributed by atoms with van der Waals surface area (Å²) in [5.74, 6) is 2.30. The molecule has 1 aliphatic carbocycles. The van der Waals surface area contributed by atoms with E-state index in [1.54, 1.807) is 0 Å². The number of fused-ring (bicyclic) bond motifs is 1. The van der Waals surface area contributed by atoms with Crippen LogP contribution in [0.5, 0.6) is 11.5 Å². The average molecular weight is 263 g/mol. The zero-order valence-corrected chi connectivity index (χ0v) is 11.3. The second-order valence-corrected chi connectivity index (χ2v) is 5.34. The van der Waals surface area contributed by atoms with Gasteiger partial charge in [-0.2, -0.15) is 0 Å². The van der Waals surface area contributed by atoms with E-state index < -0.39 is 6.10 Å². The zero-order valence-electron chi connectivity index (χ0n) is 11.3. The van der Waals surface area contributed by atoms with E-state index in [2.05, 4.69) is 12.2 Å². The lowest BCUT2D eigenvalue weighted by Crippen LogP contribution is -2.25. The van der Waals surface area contributed by atoms with E-state index >= 15 is 0 Å². The van der Waals surface area contributed by atoms with E-state index in [4.69, 9.17) is 9.47 Å². The van der Waals surface area contributed by atoms with Crippen LogP contribution in [0.1, 0.15) is 31.4 Å². The Morgan fingerprint density at radius 1 is 1.32 bits per heavy atom. The van der Waals surface area contributed by atoms with Crippen molar-refractivity contribution in [3.05, 3.63) is 23.8 Å². The van der Waals surface area contributed by atoms with E-state index in [0.29, 0.717) is 25.8 Å². The van der Waals surface area contributed by atoms with E-state index in [9.17, 15) is 5.11 Å². The topological polar surface area (TPSA) is 50.7 Å². The number of rotatable bonds is 5. The minimum Gasteiger partial charge on any atom is -0.486 e. The maximum absolute atomic E-state index is 10.2. The maximum atomic E-state index is 10.2. The molecule has 1 aromatic carbocycles. The fourth-order valence-electron chi connectivity index (χ4n) is 2.60. The smallest absolute Gasteiger partial charge is 0.161 e. The molecule has 0 bridgehead atoms. The van der Waals surface area contributed by atoms with Gasteiger partial charge in [-0.1, -0.05) is 19.4 Å². The lowest BCUT2D eigenvalue weighted by Gasteiger charge is -2.20. The van der Waals surface area contributed by atoms with E-state index in [1.165, 1.54) is 12.8 Å². The quantitative estimate of drug-likeness (QED) is 0.851. The predicted molar refractivity (Wildman–Crippen MR) is 72.6 cm³/mol. The highest BCUT2D eigenvalue weighted by Gasteiger charge is 2.34. The summed E-state index contributed by atoms with van der Waals surface area (Å²) in [7, 11) is 0. The van der Waals surface area contributed by atoms with Crippen molar-refractivity contribution in [2.45, 2.75) is 31.9 Å². The van der Waals surface area contributed by atoms with Crippen molar-refractivity contribution >= 4 is 0 Å². The number of nitrogens with one attached hydrogen (secondary N) is 1. The van der Waals surface area contributed by atoms with Gasteiger partial charge in [0.05, 0.1) is 6.10 Å². The molecule has 0 amide bonds. The van der Waals surface area contributed by atoms with Gasteiger partial charge < -0.3 is 19.9 Å². The van der Waals surface area contributed by atoms with Crippen molar-refractivity contribution in [2.75, 3.05) is 19.8 Å². The average Bonchev–Trinajstić information content (AvgIpc) is 3.23. The molecule has 0 aromatic heterocycles. The normalized spacial score (nSPS) is 26.0. The molecule has 104 valence electrons. The zero-order chi connectivity index (χ0) is 13.2. The Hall–Kier alpha value is -1.26. The number of benzene rings is 1. The largest absolute Gasteiger partial charge is 0.486 e. The fraction of sp³-hybridized carbons (Fsp3) is 0.600. The van der Waals surface area contributed by atoms with Gasteiger partial charge in [0.2, 0.25) is 0 Å². The standard InChI is InChI=1S/C15H21NO3/c1-2-10-7-12(10)16-9-13(17)11-3-4-14-15(8-11)19-6-5-18-14/h3-4,8,10,12-13,16-17H,2,5-7,9H2,1H3. The molecule has 1 saturated carbocycles. The molecule has 0 spiro atoms. The van der Waals surface area contributed by atoms with Crippen molar-refractivity contribution in [3.8, 4) is 11.5 Å². The second kappa shape index (κ2) is 5.39. The maximum Gasteiger partial charge on any atom is 0.161 e. The summed E-state index contributed by atoms with van der Waals surface area (Å²) in [6.45, 7) is 3.98. The summed E-state index contributed by atoms with van der Waals surface area (Å²) in [6.07, 6.45) is 1.97. The molecular formula is C15H21NO3. The van der Waals surface area contributed by atoms with Gasteiger partial charge in [0.15, 0.2) is 11.5 Å². The highest BCUT2D eigenvalue weighted by atomic mass is 16.6. The van der Waals surface area contributed by atoms with E-state index in [0.717, 1.165) is 23.0 Å². The lowest BCUT2D eigenvalue weighted by molar-refractivity contribution is 0.162. The molecule has 3 unspecified atom stereocenters. The Bertz CT molecular complexity index is 449. The third-order valence-electron chi connectivity index (χ3n) is 3.97. The second-order valence-electron chi connectivity index (χ2n) is 5.34. The Morgan fingerprint density at radius 3 is 2.84 bits per heavy atom. The van der Waals surface area contributed by atoms with Crippen molar-refractivity contribution < 1.29 is 14.6 Å². The van der Waals surface area contributed by atoms with Crippen molar-refractivity contribution in [1.82, 2.24) is 5.32 Å². The summed E-state index contributed by atoms with van der Waals surface area (Å²) >= 11 is 0.